The number of aliphatic hydroxyl groups excluding tert-OH is 1. The SMILES string of the molecule is CCC(C)c1noc([C@@H]2CC(O)CN2)n1. The van der Waals surface area contributed by atoms with Crippen LogP contribution in [0.3, 0.4) is 0 Å². The smallest absolute Gasteiger partial charge is 0.243 e. The summed E-state index contributed by atoms with van der Waals surface area (Å²) >= 11 is 0. The number of β-amino-alcohol motifs (C(OH)–C–C–N with tert-alkyl or cyclic N) is 1. The number of hydrogen-bond donors (Lipinski definition) is 2. The van der Waals surface area contributed by atoms with Crippen LogP contribution >= 0.6 is 0 Å². The van der Waals surface area contributed by atoms with Crippen LogP contribution in [0.2, 0.25) is 0 Å². The minimum atomic E-state index is -0.297. The predicted octanol–water partition coefficient (Wildman–Crippen LogP) is 0.978. The van der Waals surface area contributed by atoms with E-state index in [0.717, 1.165) is 12.2 Å². The molecule has 2 N–H and O–H groups in total. The Balaban J connectivity index is 2.07. The molecular formula is C10H17N3O2. The maximum Gasteiger partial charge on any atom is 0.243 e. The Morgan fingerprint density at radius 2 is 2.47 bits per heavy atom. The van der Waals surface area contributed by atoms with Gasteiger partial charge in [0, 0.05) is 12.5 Å². The van der Waals surface area contributed by atoms with Gasteiger partial charge in [-0.25, -0.2) is 0 Å². The van der Waals surface area contributed by atoms with Crippen LogP contribution in [0.15, 0.2) is 4.52 Å². The zero-order valence-electron chi connectivity index (χ0n) is 9.10. The fraction of sp³-hybridized carbons (Fsp3) is 0.800. The van der Waals surface area contributed by atoms with Crippen molar-refractivity contribution in [3.63, 3.8) is 0 Å². The lowest BCUT2D eigenvalue weighted by Gasteiger charge is -2.02. The van der Waals surface area contributed by atoms with Gasteiger partial charge in [0.1, 0.15) is 0 Å². The predicted molar refractivity (Wildman–Crippen MR) is 54.4 cm³/mol. The minimum Gasteiger partial charge on any atom is -0.392 e. The van der Waals surface area contributed by atoms with Crippen LogP contribution in [0.4, 0.5) is 0 Å². The molecular weight excluding hydrogens is 194 g/mol. The van der Waals surface area contributed by atoms with E-state index in [4.69, 9.17) is 4.52 Å². The Morgan fingerprint density at radius 1 is 1.67 bits per heavy atom. The number of aromatic nitrogens is 2. The second-order valence-electron chi connectivity index (χ2n) is 4.15. The molecule has 2 rings (SSSR count). The summed E-state index contributed by atoms with van der Waals surface area (Å²) in [5, 5.41) is 16.5. The van der Waals surface area contributed by atoms with Crippen molar-refractivity contribution >= 4 is 0 Å². The number of hydrogen-bond acceptors (Lipinski definition) is 5. The summed E-state index contributed by atoms with van der Waals surface area (Å²) in [6.45, 7) is 4.77. The third kappa shape index (κ3) is 2.18. The van der Waals surface area contributed by atoms with Crippen LogP contribution in [0.5, 0.6) is 0 Å². The highest BCUT2D eigenvalue weighted by Gasteiger charge is 2.28. The number of rotatable bonds is 3. The first-order valence-corrected chi connectivity index (χ1v) is 5.45. The summed E-state index contributed by atoms with van der Waals surface area (Å²) in [4.78, 5) is 4.35. The number of nitrogens with zero attached hydrogens (tertiary/aromatic N) is 2. The average molecular weight is 211 g/mol. The second kappa shape index (κ2) is 4.28. The lowest BCUT2D eigenvalue weighted by atomic mass is 10.1. The Morgan fingerprint density at radius 3 is 3.07 bits per heavy atom. The van der Waals surface area contributed by atoms with Gasteiger partial charge in [0.05, 0.1) is 12.1 Å². The van der Waals surface area contributed by atoms with Gasteiger partial charge in [0.25, 0.3) is 0 Å². The van der Waals surface area contributed by atoms with Gasteiger partial charge in [-0.3, -0.25) is 0 Å². The quantitative estimate of drug-likeness (QED) is 0.779. The zero-order chi connectivity index (χ0) is 10.8. The summed E-state index contributed by atoms with van der Waals surface area (Å²) in [7, 11) is 0. The monoisotopic (exact) mass is 211 g/mol. The molecule has 3 atom stereocenters. The topological polar surface area (TPSA) is 71.2 Å². The average Bonchev–Trinajstić information content (AvgIpc) is 2.84. The van der Waals surface area contributed by atoms with Crippen LogP contribution in [0, 0.1) is 0 Å². The van der Waals surface area contributed by atoms with E-state index in [2.05, 4.69) is 29.3 Å². The van der Waals surface area contributed by atoms with E-state index in [0.29, 0.717) is 24.8 Å². The van der Waals surface area contributed by atoms with Gasteiger partial charge in [-0.1, -0.05) is 19.0 Å². The van der Waals surface area contributed by atoms with Gasteiger partial charge in [0.2, 0.25) is 5.89 Å². The molecule has 2 unspecified atom stereocenters. The molecule has 0 amide bonds. The van der Waals surface area contributed by atoms with Crippen LogP contribution < -0.4 is 5.32 Å². The molecule has 0 aromatic carbocycles. The third-order valence-corrected chi connectivity index (χ3v) is 2.92. The second-order valence-corrected chi connectivity index (χ2v) is 4.15. The molecule has 15 heavy (non-hydrogen) atoms. The Hall–Kier alpha value is -0.940. The third-order valence-electron chi connectivity index (χ3n) is 2.92. The van der Waals surface area contributed by atoms with E-state index in [-0.39, 0.29) is 12.1 Å². The van der Waals surface area contributed by atoms with E-state index in [1.807, 2.05) is 0 Å². The fourth-order valence-electron chi connectivity index (χ4n) is 1.68. The molecule has 0 bridgehead atoms. The van der Waals surface area contributed by atoms with Gasteiger partial charge < -0.3 is 14.9 Å². The standard InChI is InChI=1S/C10H17N3O2/c1-3-6(2)9-12-10(15-13-9)8-4-7(14)5-11-8/h6-8,11,14H,3-5H2,1-2H3/t6?,7?,8-/m0/s1. The Kier molecular flexibility index (Phi) is 3.02. The lowest BCUT2D eigenvalue weighted by Crippen LogP contribution is -2.15. The first-order valence-electron chi connectivity index (χ1n) is 5.45. The van der Waals surface area contributed by atoms with E-state index in [9.17, 15) is 5.11 Å². The number of aliphatic hydroxyl groups is 1. The van der Waals surface area contributed by atoms with E-state index in [1.165, 1.54) is 0 Å². The maximum atomic E-state index is 9.37. The highest BCUT2D eigenvalue weighted by atomic mass is 16.5. The molecule has 84 valence electrons. The summed E-state index contributed by atoms with van der Waals surface area (Å²) in [5.74, 6) is 1.69. The molecule has 1 saturated heterocycles. The normalized spacial score (nSPS) is 28.2. The van der Waals surface area contributed by atoms with Crippen molar-refractivity contribution in [3.05, 3.63) is 11.7 Å². The molecule has 1 aliphatic heterocycles. The van der Waals surface area contributed by atoms with Crippen molar-refractivity contribution in [2.24, 2.45) is 0 Å². The molecule has 1 aromatic heterocycles. The largest absolute Gasteiger partial charge is 0.392 e. The molecule has 0 aliphatic carbocycles. The van der Waals surface area contributed by atoms with E-state index >= 15 is 0 Å². The van der Waals surface area contributed by atoms with Crippen molar-refractivity contribution < 1.29 is 9.63 Å². The van der Waals surface area contributed by atoms with Gasteiger partial charge in [-0.2, -0.15) is 4.98 Å². The minimum absolute atomic E-state index is 0.0188. The van der Waals surface area contributed by atoms with Crippen molar-refractivity contribution in [2.75, 3.05) is 6.54 Å². The van der Waals surface area contributed by atoms with E-state index < -0.39 is 0 Å². The summed E-state index contributed by atoms with van der Waals surface area (Å²) in [6, 6.07) is 0.0188. The van der Waals surface area contributed by atoms with Gasteiger partial charge >= 0.3 is 0 Å². The zero-order valence-corrected chi connectivity index (χ0v) is 9.10. The van der Waals surface area contributed by atoms with Crippen molar-refractivity contribution in [3.8, 4) is 0 Å². The Labute approximate surface area is 88.9 Å². The van der Waals surface area contributed by atoms with Crippen LogP contribution in [0.25, 0.3) is 0 Å². The van der Waals surface area contributed by atoms with Crippen LogP contribution in [-0.2, 0) is 0 Å². The van der Waals surface area contributed by atoms with Gasteiger partial charge in [-0.05, 0) is 12.8 Å². The van der Waals surface area contributed by atoms with Crippen molar-refractivity contribution in [1.29, 1.82) is 0 Å². The van der Waals surface area contributed by atoms with Crippen LogP contribution in [-0.4, -0.2) is 27.9 Å². The highest BCUT2D eigenvalue weighted by molar-refractivity contribution is 5.00. The molecule has 5 nitrogen and oxygen atoms in total. The first kappa shape index (κ1) is 10.6. The molecule has 0 spiro atoms. The highest BCUT2D eigenvalue weighted by Crippen LogP contribution is 2.23. The Bertz CT molecular complexity index is 326. The van der Waals surface area contributed by atoms with Crippen LogP contribution in [0.1, 0.15) is 50.4 Å². The molecule has 0 saturated carbocycles. The van der Waals surface area contributed by atoms with Gasteiger partial charge in [0.15, 0.2) is 5.82 Å². The lowest BCUT2D eigenvalue weighted by molar-refractivity contribution is 0.191. The van der Waals surface area contributed by atoms with Gasteiger partial charge in [-0.15, -0.1) is 0 Å². The molecule has 5 heteroatoms. The molecule has 1 aromatic rings. The summed E-state index contributed by atoms with van der Waals surface area (Å²) in [6.07, 6.45) is 1.36. The molecule has 0 radical (unpaired) electrons. The number of nitrogens with one attached hydrogen (secondary N) is 1. The summed E-state index contributed by atoms with van der Waals surface area (Å²) in [5.41, 5.74) is 0. The maximum absolute atomic E-state index is 9.37. The van der Waals surface area contributed by atoms with Crippen molar-refractivity contribution in [2.45, 2.75) is 44.8 Å². The molecule has 1 fully saturated rings. The fourth-order valence-corrected chi connectivity index (χ4v) is 1.68. The van der Waals surface area contributed by atoms with Crippen molar-refractivity contribution in [1.82, 2.24) is 15.5 Å². The first-order chi connectivity index (χ1) is 7.20. The molecule has 2 heterocycles. The summed E-state index contributed by atoms with van der Waals surface area (Å²) < 4.78 is 5.19. The molecule has 1 aliphatic rings. The van der Waals surface area contributed by atoms with E-state index in [1.54, 1.807) is 0 Å².